The van der Waals surface area contributed by atoms with Gasteiger partial charge in [0.15, 0.2) is 0 Å². The average Bonchev–Trinajstić information content (AvgIpc) is 2.54. The minimum atomic E-state index is -0.278. The first-order chi connectivity index (χ1) is 11.1. The maximum Gasteiger partial charge on any atom is 0.256 e. The highest BCUT2D eigenvalue weighted by Gasteiger charge is 2.08. The number of carbonyl (C=O) groups is 2. The lowest BCUT2D eigenvalue weighted by atomic mass is 10.2. The van der Waals surface area contributed by atoms with Crippen molar-refractivity contribution in [3.8, 4) is 0 Å². The van der Waals surface area contributed by atoms with E-state index in [1.54, 1.807) is 30.3 Å². The summed E-state index contributed by atoms with van der Waals surface area (Å²) in [5, 5.41) is 6.43. The van der Waals surface area contributed by atoms with E-state index >= 15 is 0 Å². The number of nitrogens with one attached hydrogen (secondary N) is 2. The minimum Gasteiger partial charge on any atom is -0.326 e. The van der Waals surface area contributed by atoms with Gasteiger partial charge in [0.25, 0.3) is 5.91 Å². The van der Waals surface area contributed by atoms with Gasteiger partial charge in [0.2, 0.25) is 5.91 Å². The van der Waals surface area contributed by atoms with Crippen LogP contribution in [0.3, 0.4) is 0 Å². The molecular weight excluding hydrogens is 290 g/mol. The third kappa shape index (κ3) is 3.52. The summed E-state index contributed by atoms with van der Waals surface area (Å²) in [5.41, 5.74) is 1.85. The van der Waals surface area contributed by atoms with Crippen molar-refractivity contribution in [2.45, 2.75) is 6.92 Å². The van der Waals surface area contributed by atoms with Crippen molar-refractivity contribution in [1.29, 1.82) is 0 Å². The molecule has 0 radical (unpaired) electrons. The van der Waals surface area contributed by atoms with Crippen molar-refractivity contribution >= 4 is 34.2 Å². The summed E-state index contributed by atoms with van der Waals surface area (Å²) in [6.07, 6.45) is 0. The number of pyridine rings is 1. The molecule has 0 aliphatic carbocycles. The summed E-state index contributed by atoms with van der Waals surface area (Å²) >= 11 is 0. The zero-order chi connectivity index (χ0) is 16.2. The van der Waals surface area contributed by atoms with Gasteiger partial charge in [0.05, 0.1) is 5.52 Å². The second-order valence-corrected chi connectivity index (χ2v) is 5.11. The van der Waals surface area contributed by atoms with E-state index in [0.29, 0.717) is 17.1 Å². The number of carbonyl (C=O) groups excluding carboxylic acids is 2. The predicted molar refractivity (Wildman–Crippen MR) is 90.4 cm³/mol. The number of nitrogens with zero attached hydrogens (tertiary/aromatic N) is 1. The summed E-state index contributed by atoms with van der Waals surface area (Å²) < 4.78 is 0. The van der Waals surface area contributed by atoms with Crippen LogP contribution in [0.1, 0.15) is 17.3 Å². The molecule has 0 saturated carbocycles. The number of hydrogen-bond donors (Lipinski definition) is 2. The second kappa shape index (κ2) is 6.27. The molecule has 5 nitrogen and oxygen atoms in total. The first kappa shape index (κ1) is 14.7. The van der Waals surface area contributed by atoms with E-state index in [-0.39, 0.29) is 11.8 Å². The van der Waals surface area contributed by atoms with Gasteiger partial charge >= 0.3 is 0 Å². The first-order valence-electron chi connectivity index (χ1n) is 7.16. The average molecular weight is 305 g/mol. The van der Waals surface area contributed by atoms with Crippen molar-refractivity contribution in [3.63, 3.8) is 0 Å². The second-order valence-electron chi connectivity index (χ2n) is 5.11. The molecule has 0 aliphatic heterocycles. The topological polar surface area (TPSA) is 71.1 Å². The smallest absolute Gasteiger partial charge is 0.256 e. The zero-order valence-electron chi connectivity index (χ0n) is 12.5. The number of para-hydroxylation sites is 1. The molecule has 2 amide bonds. The largest absolute Gasteiger partial charge is 0.326 e. The van der Waals surface area contributed by atoms with Crippen LogP contribution in [0, 0.1) is 0 Å². The Hall–Kier alpha value is -3.21. The number of amides is 2. The molecule has 3 rings (SSSR count). The number of benzene rings is 2. The molecule has 23 heavy (non-hydrogen) atoms. The van der Waals surface area contributed by atoms with Crippen molar-refractivity contribution < 1.29 is 9.59 Å². The molecule has 0 spiro atoms. The highest BCUT2D eigenvalue weighted by Crippen LogP contribution is 2.16. The Balaban J connectivity index is 1.81. The quantitative estimate of drug-likeness (QED) is 0.778. The van der Waals surface area contributed by atoms with E-state index in [0.717, 1.165) is 10.9 Å². The van der Waals surface area contributed by atoms with E-state index in [4.69, 9.17) is 0 Å². The van der Waals surface area contributed by atoms with Gasteiger partial charge in [-0.1, -0.05) is 24.3 Å². The summed E-state index contributed by atoms with van der Waals surface area (Å²) in [4.78, 5) is 27.8. The van der Waals surface area contributed by atoms with Crippen LogP contribution < -0.4 is 10.6 Å². The van der Waals surface area contributed by atoms with Crippen LogP contribution in [0.25, 0.3) is 10.9 Å². The highest BCUT2D eigenvalue weighted by molar-refractivity contribution is 6.05. The fourth-order valence-corrected chi connectivity index (χ4v) is 2.27. The third-order valence-corrected chi connectivity index (χ3v) is 3.29. The third-order valence-electron chi connectivity index (χ3n) is 3.29. The summed E-state index contributed by atoms with van der Waals surface area (Å²) in [7, 11) is 0. The normalized spacial score (nSPS) is 10.3. The standard InChI is InChI=1S/C18H15N3O2/c1-12(22)19-15-7-4-6-14(11-15)18(23)21-17-10-9-13-5-2-3-8-16(13)20-17/h2-11H,1H3,(H,19,22)(H,20,21,23). The lowest BCUT2D eigenvalue weighted by molar-refractivity contribution is -0.114. The molecule has 3 aromatic rings. The van der Waals surface area contributed by atoms with Crippen molar-refractivity contribution in [1.82, 2.24) is 4.98 Å². The Labute approximate surface area is 133 Å². The van der Waals surface area contributed by atoms with Gasteiger partial charge in [-0.3, -0.25) is 9.59 Å². The minimum absolute atomic E-state index is 0.182. The molecule has 114 valence electrons. The maximum absolute atomic E-state index is 12.3. The molecule has 1 heterocycles. The van der Waals surface area contributed by atoms with Gasteiger partial charge in [-0.2, -0.15) is 0 Å². The monoisotopic (exact) mass is 305 g/mol. The molecule has 0 saturated heterocycles. The zero-order valence-corrected chi connectivity index (χ0v) is 12.5. The van der Waals surface area contributed by atoms with Gasteiger partial charge in [-0.25, -0.2) is 4.98 Å². The molecule has 2 aromatic carbocycles. The molecule has 0 bridgehead atoms. The van der Waals surface area contributed by atoms with E-state index in [1.807, 2.05) is 30.3 Å². The van der Waals surface area contributed by atoms with Crippen LogP contribution in [-0.2, 0) is 4.79 Å². The van der Waals surface area contributed by atoms with E-state index in [1.165, 1.54) is 6.92 Å². The fourth-order valence-electron chi connectivity index (χ4n) is 2.27. The summed E-state index contributed by atoms with van der Waals surface area (Å²) in [6, 6.07) is 18.1. The van der Waals surface area contributed by atoms with Gasteiger partial charge in [-0.15, -0.1) is 0 Å². The van der Waals surface area contributed by atoms with Gasteiger partial charge in [-0.05, 0) is 36.4 Å². The SMILES string of the molecule is CC(=O)Nc1cccc(C(=O)Nc2ccc3ccccc3n2)c1. The Morgan fingerprint density at radius 2 is 1.74 bits per heavy atom. The predicted octanol–water partition coefficient (Wildman–Crippen LogP) is 3.45. The number of hydrogen-bond acceptors (Lipinski definition) is 3. The van der Waals surface area contributed by atoms with E-state index in [2.05, 4.69) is 15.6 Å². The van der Waals surface area contributed by atoms with Crippen LogP contribution in [0.5, 0.6) is 0 Å². The van der Waals surface area contributed by atoms with Crippen LogP contribution in [0.4, 0.5) is 11.5 Å². The van der Waals surface area contributed by atoms with Gasteiger partial charge in [0.1, 0.15) is 5.82 Å². The van der Waals surface area contributed by atoms with Gasteiger partial charge < -0.3 is 10.6 Å². The Morgan fingerprint density at radius 1 is 0.913 bits per heavy atom. The molecular formula is C18H15N3O2. The lowest BCUT2D eigenvalue weighted by Crippen LogP contribution is -2.14. The Morgan fingerprint density at radius 3 is 2.57 bits per heavy atom. The molecule has 1 aromatic heterocycles. The van der Waals surface area contributed by atoms with Crippen molar-refractivity contribution in [2.24, 2.45) is 0 Å². The number of rotatable bonds is 3. The summed E-state index contributed by atoms with van der Waals surface area (Å²) in [6.45, 7) is 1.42. The molecule has 5 heteroatoms. The van der Waals surface area contributed by atoms with Crippen molar-refractivity contribution in [2.75, 3.05) is 10.6 Å². The van der Waals surface area contributed by atoms with Crippen LogP contribution in [0.15, 0.2) is 60.7 Å². The van der Waals surface area contributed by atoms with Gasteiger partial charge in [0, 0.05) is 23.6 Å². The molecule has 0 aliphatic rings. The van der Waals surface area contributed by atoms with E-state index < -0.39 is 0 Å². The number of fused-ring (bicyclic) bond motifs is 1. The van der Waals surface area contributed by atoms with Crippen LogP contribution in [-0.4, -0.2) is 16.8 Å². The molecule has 2 N–H and O–H groups in total. The Bertz CT molecular complexity index is 890. The summed E-state index contributed by atoms with van der Waals surface area (Å²) in [5.74, 6) is 0.0253. The first-order valence-corrected chi connectivity index (χ1v) is 7.16. The number of anilines is 2. The van der Waals surface area contributed by atoms with E-state index in [9.17, 15) is 9.59 Å². The molecule has 0 fully saturated rings. The fraction of sp³-hybridized carbons (Fsp3) is 0.0556. The highest BCUT2D eigenvalue weighted by atomic mass is 16.2. The molecule has 0 atom stereocenters. The van der Waals surface area contributed by atoms with Crippen molar-refractivity contribution in [3.05, 3.63) is 66.2 Å². The Kier molecular flexibility index (Phi) is 4.01. The van der Waals surface area contributed by atoms with Crippen LogP contribution >= 0.6 is 0 Å². The maximum atomic E-state index is 12.3. The lowest BCUT2D eigenvalue weighted by Gasteiger charge is -2.07. The van der Waals surface area contributed by atoms with Crippen LogP contribution in [0.2, 0.25) is 0 Å². The molecule has 0 unspecified atom stereocenters. The number of aromatic nitrogens is 1.